The van der Waals surface area contributed by atoms with Gasteiger partial charge in [0, 0.05) is 44.1 Å². The monoisotopic (exact) mass is 706 g/mol. The van der Waals surface area contributed by atoms with Gasteiger partial charge in [-0.1, -0.05) is 88.3 Å². The first kappa shape index (κ1) is 38.5. The Morgan fingerprint density at radius 3 is 2.28 bits per heavy atom. The number of hydrogen-bond donors (Lipinski definition) is 4. The molecule has 3 amide bonds. The normalized spacial score (nSPS) is 16.5. The summed E-state index contributed by atoms with van der Waals surface area (Å²) in [4.78, 5) is 35.1. The molecular formula is C37H50N6O6S. The SMILES string of the molecule is Cc1ccc(CN2CCN([C@H](C(=O)NC[C@H](O)[C@H](Cc3ccccc3)N[C@H](C(C)C)S(=O)(=O)c3ccc(/C=N/O)cc3)C(C)(C)C)C2=O)cn1. The number of aliphatic hydroxyl groups excluding tert-OH is 1. The van der Waals surface area contributed by atoms with Gasteiger partial charge in [0.1, 0.15) is 11.4 Å². The third-order valence-electron chi connectivity index (χ3n) is 8.84. The maximum absolute atomic E-state index is 13.9. The Labute approximate surface area is 295 Å². The maximum atomic E-state index is 13.9. The minimum absolute atomic E-state index is 0.0797. The summed E-state index contributed by atoms with van der Waals surface area (Å²) in [6, 6.07) is 17.4. The van der Waals surface area contributed by atoms with Crippen molar-refractivity contribution in [1.29, 1.82) is 0 Å². The Morgan fingerprint density at radius 1 is 1.02 bits per heavy atom. The molecule has 270 valence electrons. The lowest BCUT2D eigenvalue weighted by atomic mass is 9.85. The highest BCUT2D eigenvalue weighted by Crippen LogP contribution is 2.29. The molecule has 0 spiro atoms. The smallest absolute Gasteiger partial charge is 0.321 e. The number of sulfone groups is 1. The molecule has 1 aliphatic rings. The van der Waals surface area contributed by atoms with Crippen molar-refractivity contribution in [3.63, 3.8) is 0 Å². The number of carbonyl (C=O) groups excluding carboxylic acids is 2. The number of nitrogens with zero attached hydrogens (tertiary/aromatic N) is 4. The molecule has 0 radical (unpaired) electrons. The van der Waals surface area contributed by atoms with Crippen LogP contribution in [-0.4, -0.2) is 94.9 Å². The van der Waals surface area contributed by atoms with Gasteiger partial charge in [0.05, 0.1) is 17.2 Å². The third kappa shape index (κ3) is 9.67. The lowest BCUT2D eigenvalue weighted by Crippen LogP contribution is -2.58. The van der Waals surface area contributed by atoms with E-state index >= 15 is 0 Å². The highest BCUT2D eigenvalue weighted by Gasteiger charge is 2.44. The van der Waals surface area contributed by atoms with Crippen LogP contribution in [0.4, 0.5) is 4.79 Å². The van der Waals surface area contributed by atoms with Crippen molar-refractivity contribution < 1.29 is 28.3 Å². The van der Waals surface area contributed by atoms with E-state index in [0.717, 1.165) is 16.8 Å². The van der Waals surface area contributed by atoms with Crippen LogP contribution in [0.15, 0.2) is 83.0 Å². The minimum Gasteiger partial charge on any atom is -0.411 e. The largest absolute Gasteiger partial charge is 0.411 e. The highest BCUT2D eigenvalue weighted by molar-refractivity contribution is 7.92. The topological polar surface area (TPSA) is 165 Å². The predicted molar refractivity (Wildman–Crippen MR) is 192 cm³/mol. The Kier molecular flexibility index (Phi) is 12.8. The third-order valence-corrected chi connectivity index (χ3v) is 11.1. The van der Waals surface area contributed by atoms with Gasteiger partial charge >= 0.3 is 6.03 Å². The van der Waals surface area contributed by atoms with Gasteiger partial charge in [-0.3, -0.25) is 15.1 Å². The number of carbonyl (C=O) groups is 2. The molecule has 2 aromatic carbocycles. The van der Waals surface area contributed by atoms with E-state index in [1.54, 1.807) is 42.0 Å². The lowest BCUT2D eigenvalue weighted by molar-refractivity contribution is -0.129. The number of hydrogen-bond acceptors (Lipinski definition) is 9. The summed E-state index contributed by atoms with van der Waals surface area (Å²) >= 11 is 0. The second-order valence-corrected chi connectivity index (χ2v) is 16.3. The first-order valence-electron chi connectivity index (χ1n) is 16.9. The number of pyridine rings is 1. The number of oxime groups is 1. The minimum atomic E-state index is -3.93. The second kappa shape index (κ2) is 16.6. The number of benzene rings is 2. The van der Waals surface area contributed by atoms with Crippen LogP contribution >= 0.6 is 0 Å². The molecule has 13 heteroatoms. The molecule has 2 heterocycles. The Balaban J connectivity index is 1.52. The summed E-state index contributed by atoms with van der Waals surface area (Å²) in [6.45, 7) is 12.2. The molecule has 1 saturated heterocycles. The molecule has 4 atom stereocenters. The van der Waals surface area contributed by atoms with Gasteiger partial charge in [0.15, 0.2) is 9.84 Å². The molecule has 0 saturated carbocycles. The highest BCUT2D eigenvalue weighted by atomic mass is 32.2. The zero-order chi connectivity index (χ0) is 36.6. The summed E-state index contributed by atoms with van der Waals surface area (Å²) in [5, 5.41) is 28.5. The van der Waals surface area contributed by atoms with E-state index in [-0.39, 0.29) is 23.4 Å². The number of nitrogens with one attached hydrogen (secondary N) is 2. The molecular weight excluding hydrogens is 657 g/mol. The van der Waals surface area contributed by atoms with Gasteiger partial charge in [0.25, 0.3) is 0 Å². The first-order valence-corrected chi connectivity index (χ1v) is 18.4. The van der Waals surface area contributed by atoms with E-state index in [9.17, 15) is 23.1 Å². The van der Waals surface area contributed by atoms with E-state index in [0.29, 0.717) is 31.6 Å². The number of aryl methyl sites for hydroxylation is 1. The Morgan fingerprint density at radius 2 is 1.70 bits per heavy atom. The fourth-order valence-electron chi connectivity index (χ4n) is 6.23. The Bertz CT molecular complexity index is 1710. The van der Waals surface area contributed by atoms with Gasteiger partial charge in [-0.15, -0.1) is 0 Å². The fraction of sp³-hybridized carbons (Fsp3) is 0.459. The van der Waals surface area contributed by atoms with Crippen LogP contribution in [0.3, 0.4) is 0 Å². The molecule has 1 aromatic heterocycles. The first-order chi connectivity index (χ1) is 23.6. The quantitative estimate of drug-likeness (QED) is 0.105. The number of urea groups is 1. The van der Waals surface area contributed by atoms with Gasteiger partial charge in [-0.25, -0.2) is 13.2 Å². The molecule has 1 aliphatic heterocycles. The molecule has 4 rings (SSSR count). The van der Waals surface area contributed by atoms with Gasteiger partial charge in [0.2, 0.25) is 5.91 Å². The molecule has 1 fully saturated rings. The van der Waals surface area contributed by atoms with Crippen molar-refractivity contribution in [3.8, 4) is 0 Å². The molecule has 0 unspecified atom stereocenters. The zero-order valence-electron chi connectivity index (χ0n) is 29.7. The van der Waals surface area contributed by atoms with Crippen molar-refractivity contribution in [2.45, 2.75) is 83.0 Å². The maximum Gasteiger partial charge on any atom is 0.321 e. The lowest BCUT2D eigenvalue weighted by Gasteiger charge is -2.37. The summed E-state index contributed by atoms with van der Waals surface area (Å²) in [5.41, 5.74) is 2.58. The standard InChI is InChI=1S/C37H50N6O6S/c1-25(2)35(50(48,49)30-16-14-28(15-17-30)22-40-47)41-31(20-27-10-8-7-9-11-27)32(44)23-39-34(45)33(37(4,5)6)43-19-18-42(36(43)46)24-29-13-12-26(3)38-21-29/h7-17,21-22,25,31-33,35,41,44,47H,18-20,23-24H2,1-6H3,(H,39,45)/b40-22+/t31-,32-,33+,35-/m0/s1. The van der Waals surface area contributed by atoms with Crippen LogP contribution in [0.1, 0.15) is 57.0 Å². The van der Waals surface area contributed by atoms with Crippen LogP contribution in [0.2, 0.25) is 0 Å². The van der Waals surface area contributed by atoms with Crippen LogP contribution in [-0.2, 0) is 27.6 Å². The van der Waals surface area contributed by atoms with E-state index in [1.807, 2.05) is 70.2 Å². The van der Waals surface area contributed by atoms with Gasteiger partial charge < -0.3 is 25.4 Å². The summed E-state index contributed by atoms with van der Waals surface area (Å²) < 4.78 is 27.8. The van der Waals surface area contributed by atoms with Crippen LogP contribution in [0.5, 0.6) is 0 Å². The van der Waals surface area contributed by atoms with E-state index in [2.05, 4.69) is 20.8 Å². The van der Waals surface area contributed by atoms with Crippen LogP contribution in [0.25, 0.3) is 0 Å². The van der Waals surface area contributed by atoms with Gasteiger partial charge in [-0.2, -0.15) is 0 Å². The van der Waals surface area contributed by atoms with Crippen molar-refractivity contribution in [3.05, 3.63) is 95.3 Å². The fourth-order valence-corrected chi connectivity index (χ4v) is 8.11. The number of rotatable bonds is 15. The zero-order valence-corrected chi connectivity index (χ0v) is 30.5. The summed E-state index contributed by atoms with van der Waals surface area (Å²) in [6.07, 6.45) is 2.07. The average molecular weight is 707 g/mol. The molecule has 3 aromatic rings. The Hall–Kier alpha value is -4.33. The van der Waals surface area contributed by atoms with Crippen LogP contribution < -0.4 is 10.6 Å². The van der Waals surface area contributed by atoms with Crippen LogP contribution in [0, 0.1) is 18.3 Å². The number of amides is 3. The number of aromatic nitrogens is 1. The van der Waals surface area contributed by atoms with E-state index in [1.165, 1.54) is 18.3 Å². The molecule has 50 heavy (non-hydrogen) atoms. The van der Waals surface area contributed by atoms with Crippen molar-refractivity contribution in [2.24, 2.45) is 16.5 Å². The second-order valence-electron chi connectivity index (χ2n) is 14.3. The van der Waals surface area contributed by atoms with E-state index < -0.39 is 44.7 Å². The average Bonchev–Trinajstić information content (AvgIpc) is 3.41. The molecule has 4 N–H and O–H groups in total. The molecule has 0 aliphatic carbocycles. The van der Waals surface area contributed by atoms with E-state index in [4.69, 9.17) is 5.21 Å². The summed E-state index contributed by atoms with van der Waals surface area (Å²) in [5.74, 6) is -0.786. The molecule has 0 bridgehead atoms. The summed E-state index contributed by atoms with van der Waals surface area (Å²) in [7, 11) is -3.93. The predicted octanol–water partition coefficient (Wildman–Crippen LogP) is 3.98. The van der Waals surface area contributed by atoms with Crippen molar-refractivity contribution in [1.82, 2.24) is 25.4 Å². The molecule has 12 nitrogen and oxygen atoms in total. The van der Waals surface area contributed by atoms with Crippen molar-refractivity contribution in [2.75, 3.05) is 19.6 Å². The van der Waals surface area contributed by atoms with Crippen molar-refractivity contribution >= 4 is 28.0 Å². The number of aliphatic hydroxyl groups is 1. The van der Waals surface area contributed by atoms with Gasteiger partial charge in [-0.05, 0) is 59.6 Å².